The molecule has 0 atom stereocenters. The van der Waals surface area contributed by atoms with Crippen LogP contribution in [0, 0.1) is 11.3 Å². The molecule has 6 heteroatoms. The highest BCUT2D eigenvalue weighted by Crippen LogP contribution is 2.26. The molecule has 20 heavy (non-hydrogen) atoms. The van der Waals surface area contributed by atoms with Crippen LogP contribution in [0.15, 0.2) is 6.07 Å². The van der Waals surface area contributed by atoms with E-state index in [2.05, 4.69) is 48.4 Å². The Hall–Kier alpha value is -1.40. The van der Waals surface area contributed by atoms with Crippen molar-refractivity contribution in [2.75, 3.05) is 23.9 Å². The van der Waals surface area contributed by atoms with Crippen molar-refractivity contribution in [2.24, 2.45) is 17.2 Å². The Morgan fingerprint density at radius 3 is 2.50 bits per heavy atom. The quantitative estimate of drug-likeness (QED) is 0.501. The zero-order chi connectivity index (χ0) is 15.2. The van der Waals surface area contributed by atoms with Crippen LogP contribution in [-0.2, 0) is 11.3 Å². The van der Waals surface area contributed by atoms with Crippen molar-refractivity contribution in [1.82, 2.24) is 9.97 Å². The topological polar surface area (TPSA) is 85.1 Å². The first kappa shape index (κ1) is 16.7. The molecule has 0 spiro atoms. The summed E-state index contributed by atoms with van der Waals surface area (Å²) >= 11 is 0. The van der Waals surface area contributed by atoms with Crippen LogP contribution < -0.4 is 16.6 Å². The second kappa shape index (κ2) is 7.40. The van der Waals surface area contributed by atoms with E-state index in [4.69, 9.17) is 10.6 Å². The summed E-state index contributed by atoms with van der Waals surface area (Å²) in [7, 11) is 0. The average Bonchev–Trinajstić information content (AvgIpc) is 2.42. The predicted molar refractivity (Wildman–Crippen MR) is 82.3 cm³/mol. The molecule has 1 aromatic rings. The van der Waals surface area contributed by atoms with Crippen LogP contribution in [0.3, 0.4) is 0 Å². The van der Waals surface area contributed by atoms with E-state index >= 15 is 0 Å². The Morgan fingerprint density at radius 1 is 1.30 bits per heavy atom. The van der Waals surface area contributed by atoms with Crippen LogP contribution in [-0.4, -0.2) is 23.1 Å². The third-order valence-electron chi connectivity index (χ3n) is 3.64. The lowest BCUT2D eigenvalue weighted by atomic mass is 9.81. The highest BCUT2D eigenvalue weighted by atomic mass is 16.5. The first-order chi connectivity index (χ1) is 9.39. The molecule has 0 bridgehead atoms. The van der Waals surface area contributed by atoms with Gasteiger partial charge < -0.3 is 15.5 Å². The summed E-state index contributed by atoms with van der Waals surface area (Å²) in [5.41, 5.74) is 2.74. The molecule has 0 aromatic carbocycles. The summed E-state index contributed by atoms with van der Waals surface area (Å²) < 4.78 is 5.34. The number of nitrogens with one attached hydrogen (secondary N) is 2. The molecular weight excluding hydrogens is 254 g/mol. The van der Waals surface area contributed by atoms with Gasteiger partial charge in [-0.25, -0.2) is 15.8 Å². The summed E-state index contributed by atoms with van der Waals surface area (Å²) in [5, 5.41) is 3.36. The number of nitrogen functional groups attached to an aromatic ring is 1. The van der Waals surface area contributed by atoms with Gasteiger partial charge in [-0.05, 0) is 18.3 Å². The third-order valence-corrected chi connectivity index (χ3v) is 3.64. The highest BCUT2D eigenvalue weighted by molar-refractivity contribution is 5.46. The number of hydrazine groups is 1. The number of rotatable bonds is 8. The molecule has 0 unspecified atom stereocenters. The Balaban J connectivity index is 2.78. The molecule has 1 heterocycles. The summed E-state index contributed by atoms with van der Waals surface area (Å²) in [4.78, 5) is 8.70. The minimum absolute atomic E-state index is 0.182. The molecule has 114 valence electrons. The predicted octanol–water partition coefficient (Wildman–Crippen LogP) is 2.39. The minimum Gasteiger partial charge on any atom is -0.374 e. The fourth-order valence-electron chi connectivity index (χ4n) is 1.44. The van der Waals surface area contributed by atoms with E-state index < -0.39 is 0 Å². The summed E-state index contributed by atoms with van der Waals surface area (Å²) in [6.45, 7) is 12.7. The maximum absolute atomic E-state index is 5.44. The Morgan fingerprint density at radius 2 is 1.95 bits per heavy atom. The number of nitrogens with two attached hydrogens (primary N) is 1. The lowest BCUT2D eigenvalue weighted by molar-refractivity contribution is 0.128. The van der Waals surface area contributed by atoms with Crippen molar-refractivity contribution >= 4 is 11.6 Å². The minimum atomic E-state index is 0.182. The molecule has 0 amide bonds. The van der Waals surface area contributed by atoms with E-state index in [9.17, 15) is 0 Å². The van der Waals surface area contributed by atoms with E-state index in [1.807, 2.05) is 6.92 Å². The third kappa shape index (κ3) is 4.94. The maximum Gasteiger partial charge on any atom is 0.158 e. The Labute approximate surface area is 121 Å². The van der Waals surface area contributed by atoms with Crippen molar-refractivity contribution in [1.29, 1.82) is 0 Å². The second-order valence-electron chi connectivity index (χ2n) is 5.83. The zero-order valence-electron chi connectivity index (χ0n) is 13.2. The summed E-state index contributed by atoms with van der Waals surface area (Å²) in [5.74, 6) is 7.97. The maximum atomic E-state index is 5.44. The van der Waals surface area contributed by atoms with Gasteiger partial charge in [-0.3, -0.25) is 0 Å². The molecule has 4 N–H and O–H groups in total. The molecule has 6 nitrogen and oxygen atoms in total. The molecule has 1 rings (SSSR count). The molecule has 0 aliphatic heterocycles. The van der Waals surface area contributed by atoms with Crippen LogP contribution in [0.25, 0.3) is 0 Å². The normalized spacial score (nSPS) is 11.8. The van der Waals surface area contributed by atoms with Crippen LogP contribution in [0.2, 0.25) is 0 Å². The zero-order valence-corrected chi connectivity index (χ0v) is 13.2. The molecule has 0 radical (unpaired) electrons. The lowest BCUT2D eigenvalue weighted by Gasteiger charge is -2.29. The highest BCUT2D eigenvalue weighted by Gasteiger charge is 2.22. The van der Waals surface area contributed by atoms with Gasteiger partial charge in [0.15, 0.2) is 5.82 Å². The molecule has 0 aliphatic carbocycles. The van der Waals surface area contributed by atoms with Crippen molar-refractivity contribution in [2.45, 2.75) is 41.2 Å². The number of ether oxygens (including phenoxy) is 1. The molecule has 0 saturated heterocycles. The monoisotopic (exact) mass is 281 g/mol. The van der Waals surface area contributed by atoms with Crippen molar-refractivity contribution in [3.8, 4) is 0 Å². The molecule has 0 saturated carbocycles. The number of nitrogens with zero attached hydrogens (tertiary/aromatic N) is 2. The summed E-state index contributed by atoms with van der Waals surface area (Å²) in [6, 6.07) is 1.80. The van der Waals surface area contributed by atoms with E-state index in [0.29, 0.717) is 30.8 Å². The molecule has 0 aliphatic rings. The van der Waals surface area contributed by atoms with Crippen molar-refractivity contribution in [3.63, 3.8) is 0 Å². The smallest absolute Gasteiger partial charge is 0.158 e. The van der Waals surface area contributed by atoms with Crippen molar-refractivity contribution in [3.05, 3.63) is 11.9 Å². The van der Waals surface area contributed by atoms with Gasteiger partial charge >= 0.3 is 0 Å². The largest absolute Gasteiger partial charge is 0.374 e. The number of aromatic nitrogens is 2. The van der Waals surface area contributed by atoms with Gasteiger partial charge in [0.2, 0.25) is 0 Å². The van der Waals surface area contributed by atoms with Gasteiger partial charge in [-0.2, -0.15) is 0 Å². The van der Waals surface area contributed by atoms with Gasteiger partial charge in [0, 0.05) is 19.2 Å². The standard InChI is InChI=1S/C14H27N5O/c1-6-20-8-13-17-11(7-12(18-13)19-15)16-9-14(4,5)10(2)3/h7,10H,6,8-9,15H2,1-5H3,(H2,16,17,18,19). The van der Waals surface area contributed by atoms with E-state index in [0.717, 1.165) is 12.4 Å². The van der Waals surface area contributed by atoms with Crippen LogP contribution in [0.4, 0.5) is 11.6 Å². The fraction of sp³-hybridized carbons (Fsp3) is 0.714. The second-order valence-corrected chi connectivity index (χ2v) is 5.83. The van der Waals surface area contributed by atoms with Gasteiger partial charge in [0.1, 0.15) is 18.2 Å². The average molecular weight is 281 g/mol. The first-order valence-corrected chi connectivity index (χ1v) is 7.05. The van der Waals surface area contributed by atoms with Gasteiger partial charge in [-0.1, -0.05) is 27.7 Å². The van der Waals surface area contributed by atoms with Gasteiger partial charge in [-0.15, -0.1) is 0 Å². The molecule has 1 aromatic heterocycles. The molecule has 0 fully saturated rings. The number of anilines is 2. The SMILES string of the molecule is CCOCc1nc(NN)cc(NCC(C)(C)C(C)C)n1. The van der Waals surface area contributed by atoms with Crippen LogP contribution in [0.1, 0.15) is 40.4 Å². The molecular formula is C14H27N5O. The lowest BCUT2D eigenvalue weighted by Crippen LogP contribution is -2.29. The van der Waals surface area contributed by atoms with E-state index in [1.165, 1.54) is 0 Å². The van der Waals surface area contributed by atoms with Gasteiger partial charge in [0.25, 0.3) is 0 Å². The Bertz CT molecular complexity index is 420. The Kier molecular flexibility index (Phi) is 6.16. The van der Waals surface area contributed by atoms with Crippen molar-refractivity contribution < 1.29 is 4.74 Å². The fourth-order valence-corrected chi connectivity index (χ4v) is 1.44. The number of hydrogen-bond donors (Lipinski definition) is 3. The number of hydrogen-bond acceptors (Lipinski definition) is 6. The van der Waals surface area contributed by atoms with Gasteiger partial charge in [0.05, 0.1) is 0 Å². The van der Waals surface area contributed by atoms with Crippen LogP contribution in [0.5, 0.6) is 0 Å². The van der Waals surface area contributed by atoms with E-state index in [1.54, 1.807) is 6.07 Å². The van der Waals surface area contributed by atoms with E-state index in [-0.39, 0.29) is 5.41 Å². The summed E-state index contributed by atoms with van der Waals surface area (Å²) in [6.07, 6.45) is 0. The van der Waals surface area contributed by atoms with Crippen LogP contribution >= 0.6 is 0 Å². The first-order valence-electron chi connectivity index (χ1n) is 7.05.